The van der Waals surface area contributed by atoms with E-state index in [1.807, 2.05) is 0 Å². The quantitative estimate of drug-likeness (QED) is 0.747. The highest BCUT2D eigenvalue weighted by Gasteiger charge is 2.28. The molecule has 0 radical (unpaired) electrons. The number of hydrogen-bond acceptors (Lipinski definition) is 3. The van der Waals surface area contributed by atoms with E-state index < -0.39 is 0 Å². The summed E-state index contributed by atoms with van der Waals surface area (Å²) in [6, 6.07) is 0. The van der Waals surface area contributed by atoms with Gasteiger partial charge in [0.2, 0.25) is 0 Å². The number of piperazine rings is 1. The smallest absolute Gasteiger partial charge is 0.0126 e. The SMILES string of the molecule is CCCNCC(C)(C)CN1CCN(C(C)(C)C)CC1. The molecule has 3 heteroatoms. The van der Waals surface area contributed by atoms with E-state index in [9.17, 15) is 0 Å². The lowest BCUT2D eigenvalue weighted by molar-refractivity contribution is 0.0455. The number of nitrogens with one attached hydrogen (secondary N) is 1. The largest absolute Gasteiger partial charge is 0.316 e. The third kappa shape index (κ3) is 6.24. The maximum Gasteiger partial charge on any atom is 0.0126 e. The summed E-state index contributed by atoms with van der Waals surface area (Å²) >= 11 is 0. The van der Waals surface area contributed by atoms with Crippen molar-refractivity contribution >= 4 is 0 Å². The zero-order valence-electron chi connectivity index (χ0n) is 14.1. The van der Waals surface area contributed by atoms with Gasteiger partial charge in [0.25, 0.3) is 0 Å². The first kappa shape index (κ1) is 16.9. The van der Waals surface area contributed by atoms with E-state index in [-0.39, 0.29) is 0 Å². The van der Waals surface area contributed by atoms with E-state index in [2.05, 4.69) is 56.7 Å². The predicted octanol–water partition coefficient (Wildman–Crippen LogP) is 2.43. The van der Waals surface area contributed by atoms with Crippen LogP contribution in [0, 0.1) is 5.41 Å². The van der Waals surface area contributed by atoms with Crippen molar-refractivity contribution in [2.45, 2.75) is 53.5 Å². The molecule has 1 aliphatic rings. The van der Waals surface area contributed by atoms with Crippen molar-refractivity contribution in [2.75, 3.05) is 45.8 Å². The van der Waals surface area contributed by atoms with Crippen LogP contribution in [0.4, 0.5) is 0 Å². The van der Waals surface area contributed by atoms with Crippen molar-refractivity contribution in [3.05, 3.63) is 0 Å². The minimum atomic E-state index is 0.324. The third-order valence-electron chi connectivity index (χ3n) is 4.00. The Kier molecular flexibility index (Phi) is 6.28. The third-order valence-corrected chi connectivity index (χ3v) is 4.00. The molecule has 0 aromatic carbocycles. The van der Waals surface area contributed by atoms with Crippen molar-refractivity contribution in [3.8, 4) is 0 Å². The molecule has 0 aromatic heterocycles. The van der Waals surface area contributed by atoms with Gasteiger partial charge < -0.3 is 10.2 Å². The molecule has 3 nitrogen and oxygen atoms in total. The van der Waals surface area contributed by atoms with Crippen LogP contribution in [0.2, 0.25) is 0 Å². The number of nitrogens with zero attached hydrogens (tertiary/aromatic N) is 2. The second kappa shape index (κ2) is 7.05. The van der Waals surface area contributed by atoms with Crippen molar-refractivity contribution < 1.29 is 0 Å². The van der Waals surface area contributed by atoms with Crippen LogP contribution in [-0.2, 0) is 0 Å². The molecule has 1 heterocycles. The minimum absolute atomic E-state index is 0.324. The average Bonchev–Trinajstić information content (AvgIpc) is 2.28. The maximum atomic E-state index is 3.56. The highest BCUT2D eigenvalue weighted by Crippen LogP contribution is 2.20. The van der Waals surface area contributed by atoms with Crippen LogP contribution < -0.4 is 5.32 Å². The van der Waals surface area contributed by atoms with Gasteiger partial charge >= 0.3 is 0 Å². The summed E-state index contributed by atoms with van der Waals surface area (Å²) < 4.78 is 0. The molecule has 0 saturated carbocycles. The predicted molar refractivity (Wildman–Crippen MR) is 84.7 cm³/mol. The molecule has 0 bridgehead atoms. The molecule has 19 heavy (non-hydrogen) atoms. The van der Waals surface area contributed by atoms with Gasteiger partial charge in [-0.05, 0) is 39.2 Å². The Hall–Kier alpha value is -0.120. The highest BCUT2D eigenvalue weighted by atomic mass is 15.3. The van der Waals surface area contributed by atoms with Crippen molar-refractivity contribution in [1.82, 2.24) is 15.1 Å². The van der Waals surface area contributed by atoms with E-state index in [0.717, 1.165) is 13.1 Å². The lowest BCUT2D eigenvalue weighted by atomic mass is 9.92. The Morgan fingerprint density at radius 3 is 2.00 bits per heavy atom. The second-order valence-corrected chi connectivity index (χ2v) is 7.78. The Labute approximate surface area is 120 Å². The van der Waals surface area contributed by atoms with Gasteiger partial charge in [-0.1, -0.05) is 20.8 Å². The van der Waals surface area contributed by atoms with Crippen LogP contribution in [0.3, 0.4) is 0 Å². The van der Waals surface area contributed by atoms with Gasteiger partial charge in [0.1, 0.15) is 0 Å². The van der Waals surface area contributed by atoms with Gasteiger partial charge in [-0.25, -0.2) is 0 Å². The Balaban J connectivity index is 2.31. The summed E-state index contributed by atoms with van der Waals surface area (Å²) in [6.45, 7) is 22.3. The minimum Gasteiger partial charge on any atom is -0.316 e. The van der Waals surface area contributed by atoms with Gasteiger partial charge in [-0.15, -0.1) is 0 Å². The first-order valence-electron chi connectivity index (χ1n) is 7.93. The fraction of sp³-hybridized carbons (Fsp3) is 1.00. The molecule has 0 aromatic rings. The summed E-state index contributed by atoms with van der Waals surface area (Å²) in [5, 5.41) is 3.56. The van der Waals surface area contributed by atoms with E-state index >= 15 is 0 Å². The first-order valence-corrected chi connectivity index (χ1v) is 7.93. The van der Waals surface area contributed by atoms with E-state index in [1.54, 1.807) is 0 Å². The van der Waals surface area contributed by atoms with Crippen molar-refractivity contribution in [2.24, 2.45) is 5.41 Å². The van der Waals surface area contributed by atoms with E-state index in [0.29, 0.717) is 11.0 Å². The summed E-state index contributed by atoms with van der Waals surface area (Å²) in [4.78, 5) is 5.24. The summed E-state index contributed by atoms with van der Waals surface area (Å²) in [6.07, 6.45) is 1.22. The summed E-state index contributed by atoms with van der Waals surface area (Å²) in [5.74, 6) is 0. The Bertz CT molecular complexity index is 247. The molecule has 1 saturated heterocycles. The standard InChI is InChI=1S/C16H35N3/c1-7-8-17-13-16(5,6)14-18-9-11-19(12-10-18)15(2,3)4/h17H,7-14H2,1-6H3. The van der Waals surface area contributed by atoms with Crippen molar-refractivity contribution in [3.63, 3.8) is 0 Å². The molecule has 1 rings (SSSR count). The Morgan fingerprint density at radius 2 is 1.53 bits per heavy atom. The molecule has 0 amide bonds. The summed E-state index contributed by atoms with van der Waals surface area (Å²) in [5.41, 5.74) is 0.698. The molecule has 0 aliphatic carbocycles. The molecule has 0 unspecified atom stereocenters. The van der Waals surface area contributed by atoms with Crippen LogP contribution in [0.15, 0.2) is 0 Å². The van der Waals surface area contributed by atoms with Crippen molar-refractivity contribution in [1.29, 1.82) is 0 Å². The first-order chi connectivity index (χ1) is 8.74. The van der Waals surface area contributed by atoms with Gasteiger partial charge in [-0.3, -0.25) is 4.90 Å². The summed E-state index contributed by atoms with van der Waals surface area (Å²) in [7, 11) is 0. The average molecular weight is 269 g/mol. The molecule has 0 atom stereocenters. The molecule has 0 spiro atoms. The van der Waals surface area contributed by atoms with Gasteiger partial charge in [-0.2, -0.15) is 0 Å². The van der Waals surface area contributed by atoms with E-state index in [1.165, 1.54) is 39.1 Å². The zero-order chi connectivity index (χ0) is 14.5. The molecule has 1 N–H and O–H groups in total. The molecular formula is C16H35N3. The van der Waals surface area contributed by atoms with Gasteiger partial charge in [0, 0.05) is 44.8 Å². The monoisotopic (exact) mass is 269 g/mol. The van der Waals surface area contributed by atoms with Crippen LogP contribution in [0.25, 0.3) is 0 Å². The fourth-order valence-corrected chi connectivity index (χ4v) is 2.84. The van der Waals surface area contributed by atoms with Gasteiger partial charge in [0.05, 0.1) is 0 Å². The normalized spacial score (nSPS) is 19.9. The molecular weight excluding hydrogens is 234 g/mol. The van der Waals surface area contributed by atoms with Crippen LogP contribution in [0.5, 0.6) is 0 Å². The topological polar surface area (TPSA) is 18.5 Å². The second-order valence-electron chi connectivity index (χ2n) is 7.78. The van der Waals surface area contributed by atoms with Gasteiger partial charge in [0.15, 0.2) is 0 Å². The van der Waals surface area contributed by atoms with Crippen LogP contribution >= 0.6 is 0 Å². The lowest BCUT2D eigenvalue weighted by Crippen LogP contribution is -2.55. The molecule has 1 aliphatic heterocycles. The highest BCUT2D eigenvalue weighted by molar-refractivity contribution is 4.84. The molecule has 1 fully saturated rings. The van der Waals surface area contributed by atoms with Crippen LogP contribution in [0.1, 0.15) is 48.0 Å². The fourth-order valence-electron chi connectivity index (χ4n) is 2.84. The zero-order valence-corrected chi connectivity index (χ0v) is 14.1. The lowest BCUT2D eigenvalue weighted by Gasteiger charge is -2.44. The maximum absolute atomic E-state index is 3.56. The van der Waals surface area contributed by atoms with Crippen LogP contribution in [-0.4, -0.2) is 61.2 Å². The Morgan fingerprint density at radius 1 is 0.947 bits per heavy atom. The number of hydrogen-bond donors (Lipinski definition) is 1. The number of rotatable bonds is 6. The van der Waals surface area contributed by atoms with E-state index in [4.69, 9.17) is 0 Å². The molecule has 114 valence electrons.